The lowest BCUT2D eigenvalue weighted by molar-refractivity contribution is -0.113. The molecule has 0 aliphatic rings. The van der Waals surface area contributed by atoms with Crippen molar-refractivity contribution >= 4 is 39.3 Å². The summed E-state index contributed by atoms with van der Waals surface area (Å²) in [4.78, 5) is 12.3. The van der Waals surface area contributed by atoms with Crippen LogP contribution in [-0.2, 0) is 17.8 Å². The van der Waals surface area contributed by atoms with Gasteiger partial charge in [-0.05, 0) is 42.8 Å². The van der Waals surface area contributed by atoms with Gasteiger partial charge < -0.3 is 19.4 Å². The second kappa shape index (κ2) is 10.5. The molecule has 0 fully saturated rings. The molecule has 1 amide bonds. The Balaban J connectivity index is 1.66. The predicted molar refractivity (Wildman–Crippen MR) is 122 cm³/mol. The fourth-order valence-corrected chi connectivity index (χ4v) is 4.16. The monoisotopic (exact) mass is 490 g/mol. The zero-order chi connectivity index (χ0) is 21.5. The zero-order valence-electron chi connectivity index (χ0n) is 17.0. The van der Waals surface area contributed by atoms with E-state index in [1.807, 2.05) is 54.0 Å². The molecule has 0 radical (unpaired) electrons. The third-order valence-electron chi connectivity index (χ3n) is 4.36. The molecule has 0 saturated heterocycles. The Morgan fingerprint density at radius 1 is 1.13 bits per heavy atom. The molecule has 7 nitrogen and oxygen atoms in total. The summed E-state index contributed by atoms with van der Waals surface area (Å²) in [5.41, 5.74) is 1.79. The Bertz CT molecular complexity index is 1030. The molecule has 158 valence electrons. The molecule has 0 aliphatic heterocycles. The summed E-state index contributed by atoms with van der Waals surface area (Å²) in [6, 6.07) is 13.3. The molecule has 9 heteroatoms. The standard InChI is InChI=1S/C21H23BrN4O3S/c1-4-26-19(11-14-8-9-17(28-2)18(10-14)29-3)24-25-21(26)30-13-20(27)23-16-7-5-6-15(22)12-16/h5-10,12H,4,11,13H2,1-3H3,(H,23,27). The zero-order valence-corrected chi connectivity index (χ0v) is 19.4. The smallest absolute Gasteiger partial charge is 0.234 e. The largest absolute Gasteiger partial charge is 0.493 e. The average molecular weight is 491 g/mol. The van der Waals surface area contributed by atoms with Gasteiger partial charge in [0.2, 0.25) is 5.91 Å². The number of ether oxygens (including phenoxy) is 2. The fourth-order valence-electron chi connectivity index (χ4n) is 2.94. The van der Waals surface area contributed by atoms with E-state index in [4.69, 9.17) is 9.47 Å². The minimum absolute atomic E-state index is 0.0924. The molecule has 0 aliphatic carbocycles. The van der Waals surface area contributed by atoms with Crippen molar-refractivity contribution in [1.29, 1.82) is 0 Å². The van der Waals surface area contributed by atoms with E-state index in [2.05, 4.69) is 31.4 Å². The molecule has 1 N–H and O–H groups in total. The average Bonchev–Trinajstić information content (AvgIpc) is 3.13. The summed E-state index contributed by atoms with van der Waals surface area (Å²) in [6.45, 7) is 2.75. The lowest BCUT2D eigenvalue weighted by Crippen LogP contribution is -2.14. The fraction of sp³-hybridized carbons (Fsp3) is 0.286. The Kier molecular flexibility index (Phi) is 7.75. The number of thioether (sulfide) groups is 1. The number of nitrogens with one attached hydrogen (secondary N) is 1. The van der Waals surface area contributed by atoms with E-state index in [9.17, 15) is 4.79 Å². The van der Waals surface area contributed by atoms with E-state index < -0.39 is 0 Å². The predicted octanol–water partition coefficient (Wildman–Crippen LogP) is 4.40. The first-order chi connectivity index (χ1) is 14.5. The van der Waals surface area contributed by atoms with Crippen LogP contribution in [-0.4, -0.2) is 40.6 Å². The molecular formula is C21H23BrN4O3S. The quantitative estimate of drug-likeness (QED) is 0.447. The van der Waals surface area contributed by atoms with Gasteiger partial charge in [-0.3, -0.25) is 4.79 Å². The van der Waals surface area contributed by atoms with Gasteiger partial charge in [-0.25, -0.2) is 0 Å². The van der Waals surface area contributed by atoms with Crippen LogP contribution in [0.5, 0.6) is 11.5 Å². The highest BCUT2D eigenvalue weighted by molar-refractivity contribution is 9.10. The summed E-state index contributed by atoms with van der Waals surface area (Å²) in [6.07, 6.45) is 0.603. The van der Waals surface area contributed by atoms with Gasteiger partial charge in [0, 0.05) is 23.1 Å². The molecule has 1 heterocycles. The number of hydrogen-bond donors (Lipinski definition) is 1. The van der Waals surface area contributed by atoms with E-state index in [1.54, 1.807) is 14.2 Å². The third kappa shape index (κ3) is 5.54. The van der Waals surface area contributed by atoms with Crippen LogP contribution >= 0.6 is 27.7 Å². The second-order valence-corrected chi connectivity index (χ2v) is 8.21. The third-order valence-corrected chi connectivity index (χ3v) is 5.82. The maximum absolute atomic E-state index is 12.3. The van der Waals surface area contributed by atoms with Crippen molar-refractivity contribution in [3.05, 3.63) is 58.3 Å². The molecule has 1 aromatic heterocycles. The molecule has 3 rings (SSSR count). The number of anilines is 1. The van der Waals surface area contributed by atoms with Gasteiger partial charge in [0.25, 0.3) is 0 Å². The Labute approximate surface area is 188 Å². The van der Waals surface area contributed by atoms with Crippen molar-refractivity contribution < 1.29 is 14.3 Å². The number of methoxy groups -OCH3 is 2. The van der Waals surface area contributed by atoms with Crippen molar-refractivity contribution in [2.45, 2.75) is 25.0 Å². The number of carbonyl (C=O) groups is 1. The summed E-state index contributed by atoms with van der Waals surface area (Å²) in [5, 5.41) is 12.2. The van der Waals surface area contributed by atoms with Crippen LogP contribution in [0, 0.1) is 0 Å². The van der Waals surface area contributed by atoms with Crippen LogP contribution in [0.15, 0.2) is 52.1 Å². The molecule has 0 bridgehead atoms. The van der Waals surface area contributed by atoms with Crippen LogP contribution < -0.4 is 14.8 Å². The van der Waals surface area contributed by atoms with Gasteiger partial charge in [0.05, 0.1) is 20.0 Å². The van der Waals surface area contributed by atoms with Crippen LogP contribution in [0.4, 0.5) is 5.69 Å². The maximum atomic E-state index is 12.3. The van der Waals surface area contributed by atoms with Crippen LogP contribution in [0.3, 0.4) is 0 Å². The SMILES string of the molecule is CCn1c(Cc2ccc(OC)c(OC)c2)nnc1SCC(=O)Nc1cccc(Br)c1. The maximum Gasteiger partial charge on any atom is 0.234 e. The number of amides is 1. The first kappa shape index (κ1) is 22.2. The Hall–Kier alpha value is -2.52. The van der Waals surface area contributed by atoms with E-state index in [0.29, 0.717) is 24.5 Å². The number of nitrogens with zero attached hydrogens (tertiary/aromatic N) is 3. The second-order valence-electron chi connectivity index (χ2n) is 6.36. The van der Waals surface area contributed by atoms with E-state index >= 15 is 0 Å². The van der Waals surface area contributed by atoms with Crippen molar-refractivity contribution in [2.75, 3.05) is 25.3 Å². The van der Waals surface area contributed by atoms with Crippen molar-refractivity contribution in [2.24, 2.45) is 0 Å². The molecule has 0 spiro atoms. The lowest BCUT2D eigenvalue weighted by Gasteiger charge is -2.10. The van der Waals surface area contributed by atoms with Crippen molar-refractivity contribution in [3.8, 4) is 11.5 Å². The number of carbonyl (C=O) groups excluding carboxylic acids is 1. The highest BCUT2D eigenvalue weighted by atomic mass is 79.9. The molecule has 0 atom stereocenters. The van der Waals surface area contributed by atoms with Gasteiger partial charge in [-0.15, -0.1) is 10.2 Å². The molecular weight excluding hydrogens is 468 g/mol. The molecule has 3 aromatic rings. The first-order valence-corrected chi connectivity index (χ1v) is 11.1. The summed E-state index contributed by atoms with van der Waals surface area (Å²) < 4.78 is 13.6. The molecule has 2 aromatic carbocycles. The van der Waals surface area contributed by atoms with Crippen LogP contribution in [0.1, 0.15) is 18.3 Å². The summed E-state index contributed by atoms with van der Waals surface area (Å²) in [7, 11) is 3.23. The minimum atomic E-state index is -0.0924. The van der Waals surface area contributed by atoms with Gasteiger partial charge in [0.15, 0.2) is 16.7 Å². The number of benzene rings is 2. The van der Waals surface area contributed by atoms with Gasteiger partial charge >= 0.3 is 0 Å². The van der Waals surface area contributed by atoms with E-state index in [-0.39, 0.29) is 11.7 Å². The molecule has 0 saturated carbocycles. The number of aromatic nitrogens is 3. The van der Waals surface area contributed by atoms with Crippen molar-refractivity contribution in [3.63, 3.8) is 0 Å². The number of hydrogen-bond acceptors (Lipinski definition) is 6. The lowest BCUT2D eigenvalue weighted by atomic mass is 10.1. The van der Waals surface area contributed by atoms with Gasteiger partial charge in [-0.2, -0.15) is 0 Å². The first-order valence-electron chi connectivity index (χ1n) is 9.35. The topological polar surface area (TPSA) is 78.3 Å². The summed E-state index contributed by atoms with van der Waals surface area (Å²) >= 11 is 4.77. The highest BCUT2D eigenvalue weighted by Crippen LogP contribution is 2.29. The molecule has 30 heavy (non-hydrogen) atoms. The van der Waals surface area contributed by atoms with Crippen LogP contribution in [0.2, 0.25) is 0 Å². The van der Waals surface area contributed by atoms with Gasteiger partial charge in [-0.1, -0.05) is 39.8 Å². The number of rotatable bonds is 9. The van der Waals surface area contributed by atoms with Gasteiger partial charge in [0.1, 0.15) is 5.82 Å². The Morgan fingerprint density at radius 2 is 1.93 bits per heavy atom. The van der Waals surface area contributed by atoms with Crippen molar-refractivity contribution in [1.82, 2.24) is 14.8 Å². The summed E-state index contributed by atoms with van der Waals surface area (Å²) in [5.74, 6) is 2.35. The number of halogens is 1. The normalized spacial score (nSPS) is 10.7. The minimum Gasteiger partial charge on any atom is -0.493 e. The van der Waals surface area contributed by atoms with E-state index in [1.165, 1.54) is 11.8 Å². The molecule has 0 unspecified atom stereocenters. The Morgan fingerprint density at radius 3 is 2.63 bits per heavy atom. The highest BCUT2D eigenvalue weighted by Gasteiger charge is 2.15. The van der Waals surface area contributed by atoms with E-state index in [0.717, 1.165) is 26.7 Å². The van der Waals surface area contributed by atoms with Crippen LogP contribution in [0.25, 0.3) is 0 Å².